The third-order valence-electron chi connectivity index (χ3n) is 2.81. The summed E-state index contributed by atoms with van der Waals surface area (Å²) in [5.41, 5.74) is 1.26. The van der Waals surface area contributed by atoms with Crippen LogP contribution in [0.3, 0.4) is 0 Å². The van der Waals surface area contributed by atoms with Crippen molar-refractivity contribution < 1.29 is 18.3 Å². The Hall–Kier alpha value is -1.36. The monoisotopic (exact) mass is 275 g/mol. The van der Waals surface area contributed by atoms with Crippen molar-refractivity contribution in [3.8, 4) is 5.75 Å². The molecule has 0 saturated heterocycles. The van der Waals surface area contributed by atoms with Gasteiger partial charge in [-0.2, -0.15) is 8.78 Å². The highest BCUT2D eigenvalue weighted by Gasteiger charge is 2.26. The smallest absolute Gasteiger partial charge is 0.387 e. The summed E-state index contributed by atoms with van der Waals surface area (Å²) in [6.45, 7) is -2.44. The van der Waals surface area contributed by atoms with E-state index in [1.54, 1.807) is 12.1 Å². The van der Waals surface area contributed by atoms with Crippen molar-refractivity contribution in [3.05, 3.63) is 23.8 Å². The van der Waals surface area contributed by atoms with Gasteiger partial charge < -0.3 is 9.64 Å². The standard InChI is InChI=1S/C12H12ClF2NO2/c13-7-10(17)16-6-2-4-8-3-1-5-9(11(8)16)18-12(14)15/h1,3,5,12H,2,4,6-7H2. The normalized spacial score (nSPS) is 14.6. The molecule has 0 spiro atoms. The summed E-state index contributed by atoms with van der Waals surface area (Å²) in [4.78, 5) is 13.1. The molecule has 0 unspecified atom stereocenters. The molecule has 1 heterocycles. The lowest BCUT2D eigenvalue weighted by Crippen LogP contribution is -2.36. The molecule has 1 amide bonds. The predicted octanol–water partition coefficient (Wildman–Crippen LogP) is 2.81. The zero-order valence-corrected chi connectivity index (χ0v) is 10.3. The van der Waals surface area contributed by atoms with Gasteiger partial charge in [-0.05, 0) is 24.5 Å². The second-order valence-corrected chi connectivity index (χ2v) is 4.19. The van der Waals surface area contributed by atoms with E-state index in [0.717, 1.165) is 18.4 Å². The van der Waals surface area contributed by atoms with Crippen LogP contribution in [0.1, 0.15) is 12.0 Å². The molecule has 18 heavy (non-hydrogen) atoms. The molecule has 0 N–H and O–H groups in total. The third kappa shape index (κ3) is 2.56. The van der Waals surface area contributed by atoms with Gasteiger partial charge in [-0.15, -0.1) is 11.6 Å². The molecular formula is C12H12ClF2NO2. The number of benzene rings is 1. The fraction of sp³-hybridized carbons (Fsp3) is 0.417. The summed E-state index contributed by atoms with van der Waals surface area (Å²) in [7, 11) is 0. The van der Waals surface area contributed by atoms with Crippen molar-refractivity contribution >= 4 is 23.2 Å². The Morgan fingerprint density at radius 2 is 2.28 bits per heavy atom. The van der Waals surface area contributed by atoms with Crippen LogP contribution in [-0.2, 0) is 11.2 Å². The minimum Gasteiger partial charge on any atom is -0.433 e. The highest BCUT2D eigenvalue weighted by Crippen LogP contribution is 2.37. The molecule has 0 fully saturated rings. The quantitative estimate of drug-likeness (QED) is 0.794. The number of halogens is 3. The zero-order valence-electron chi connectivity index (χ0n) is 9.54. The first-order chi connectivity index (χ1) is 8.63. The van der Waals surface area contributed by atoms with Gasteiger partial charge in [-0.1, -0.05) is 12.1 Å². The first-order valence-corrected chi connectivity index (χ1v) is 6.10. The molecule has 6 heteroatoms. The van der Waals surface area contributed by atoms with E-state index in [1.165, 1.54) is 11.0 Å². The van der Waals surface area contributed by atoms with Gasteiger partial charge in [0, 0.05) is 6.54 Å². The van der Waals surface area contributed by atoms with Gasteiger partial charge in [0.25, 0.3) is 0 Å². The largest absolute Gasteiger partial charge is 0.433 e. The lowest BCUT2D eigenvalue weighted by Gasteiger charge is -2.30. The van der Waals surface area contributed by atoms with E-state index < -0.39 is 6.61 Å². The number of amides is 1. The van der Waals surface area contributed by atoms with Crippen LogP contribution in [0, 0.1) is 0 Å². The van der Waals surface area contributed by atoms with Gasteiger partial charge in [-0.25, -0.2) is 0 Å². The van der Waals surface area contributed by atoms with Crippen molar-refractivity contribution in [2.45, 2.75) is 19.5 Å². The Morgan fingerprint density at radius 1 is 1.50 bits per heavy atom. The number of carbonyl (C=O) groups excluding carboxylic acids is 1. The summed E-state index contributed by atoms with van der Waals surface area (Å²) in [5, 5.41) is 0. The number of nitrogens with zero attached hydrogens (tertiary/aromatic N) is 1. The highest BCUT2D eigenvalue weighted by molar-refractivity contribution is 6.29. The molecule has 1 aromatic carbocycles. The van der Waals surface area contributed by atoms with Crippen LogP contribution < -0.4 is 9.64 Å². The minimum absolute atomic E-state index is 0.0284. The van der Waals surface area contributed by atoms with E-state index in [0.29, 0.717) is 12.2 Å². The molecule has 0 radical (unpaired) electrons. The molecule has 0 saturated carbocycles. The Labute approximate surface area is 108 Å². The lowest BCUT2D eigenvalue weighted by atomic mass is 10.0. The van der Waals surface area contributed by atoms with Crippen molar-refractivity contribution in [3.63, 3.8) is 0 Å². The summed E-state index contributed by atoms with van der Waals surface area (Å²) >= 11 is 5.53. The third-order valence-corrected chi connectivity index (χ3v) is 3.04. The number of anilines is 1. The number of aryl methyl sites for hydroxylation is 1. The molecule has 1 aliphatic heterocycles. The Bertz CT molecular complexity index is 454. The Kier molecular flexibility index (Phi) is 4.01. The molecule has 0 aliphatic carbocycles. The average Bonchev–Trinajstić information content (AvgIpc) is 2.37. The van der Waals surface area contributed by atoms with Gasteiger partial charge in [0.05, 0.1) is 5.69 Å². The molecule has 0 bridgehead atoms. The fourth-order valence-electron chi connectivity index (χ4n) is 2.13. The molecular weight excluding hydrogens is 264 g/mol. The number of fused-ring (bicyclic) bond motifs is 1. The van der Waals surface area contributed by atoms with Crippen molar-refractivity contribution in [1.82, 2.24) is 0 Å². The number of hydrogen-bond acceptors (Lipinski definition) is 2. The Morgan fingerprint density at radius 3 is 2.94 bits per heavy atom. The number of alkyl halides is 3. The maximum Gasteiger partial charge on any atom is 0.387 e. The van der Waals surface area contributed by atoms with E-state index in [-0.39, 0.29) is 17.5 Å². The number of hydrogen-bond donors (Lipinski definition) is 0. The first-order valence-electron chi connectivity index (χ1n) is 5.56. The first kappa shape index (κ1) is 13.1. The van der Waals surface area contributed by atoms with E-state index in [9.17, 15) is 13.6 Å². The van der Waals surface area contributed by atoms with Gasteiger partial charge in [0.15, 0.2) is 0 Å². The molecule has 3 nitrogen and oxygen atoms in total. The maximum atomic E-state index is 12.3. The molecule has 0 atom stereocenters. The molecule has 0 aromatic heterocycles. The maximum absolute atomic E-state index is 12.3. The zero-order chi connectivity index (χ0) is 13.1. The van der Waals surface area contributed by atoms with Crippen LogP contribution in [0.15, 0.2) is 18.2 Å². The summed E-state index contributed by atoms with van der Waals surface area (Å²) in [6.07, 6.45) is 1.52. The summed E-state index contributed by atoms with van der Waals surface area (Å²) < 4.78 is 29.2. The number of ether oxygens (including phenoxy) is 1. The number of para-hydroxylation sites is 1. The number of rotatable bonds is 3. The van der Waals surface area contributed by atoms with Gasteiger partial charge >= 0.3 is 6.61 Å². The van der Waals surface area contributed by atoms with Gasteiger partial charge in [-0.3, -0.25) is 4.79 Å². The van der Waals surface area contributed by atoms with Crippen LogP contribution in [-0.4, -0.2) is 24.9 Å². The second-order valence-electron chi connectivity index (χ2n) is 3.92. The molecule has 98 valence electrons. The number of carbonyl (C=O) groups is 1. The van der Waals surface area contributed by atoms with Crippen LogP contribution in [0.25, 0.3) is 0 Å². The minimum atomic E-state index is -2.91. The van der Waals surface area contributed by atoms with Gasteiger partial charge in [0.1, 0.15) is 11.6 Å². The van der Waals surface area contributed by atoms with E-state index in [2.05, 4.69) is 4.74 Å². The molecule has 1 aliphatic rings. The SMILES string of the molecule is O=C(CCl)N1CCCc2cccc(OC(F)F)c21. The van der Waals surface area contributed by atoms with E-state index in [1.807, 2.05) is 0 Å². The van der Waals surface area contributed by atoms with Crippen LogP contribution in [0.2, 0.25) is 0 Å². The van der Waals surface area contributed by atoms with Crippen molar-refractivity contribution in [1.29, 1.82) is 0 Å². The highest BCUT2D eigenvalue weighted by atomic mass is 35.5. The topological polar surface area (TPSA) is 29.5 Å². The Balaban J connectivity index is 2.42. The molecule has 1 aromatic rings. The van der Waals surface area contributed by atoms with Crippen molar-refractivity contribution in [2.24, 2.45) is 0 Å². The van der Waals surface area contributed by atoms with Crippen LogP contribution in [0.4, 0.5) is 14.5 Å². The van der Waals surface area contributed by atoms with E-state index in [4.69, 9.17) is 11.6 Å². The average molecular weight is 276 g/mol. The predicted molar refractivity (Wildman–Crippen MR) is 64.5 cm³/mol. The molecule has 2 rings (SSSR count). The van der Waals surface area contributed by atoms with Crippen LogP contribution in [0.5, 0.6) is 5.75 Å². The fourth-order valence-corrected chi connectivity index (χ4v) is 2.27. The van der Waals surface area contributed by atoms with Gasteiger partial charge in [0.2, 0.25) is 5.91 Å². The van der Waals surface area contributed by atoms with E-state index >= 15 is 0 Å². The lowest BCUT2D eigenvalue weighted by molar-refractivity contribution is -0.116. The summed E-state index contributed by atoms with van der Waals surface area (Å²) in [6, 6.07) is 4.89. The van der Waals surface area contributed by atoms with Crippen molar-refractivity contribution in [2.75, 3.05) is 17.3 Å². The second kappa shape index (κ2) is 5.52. The van der Waals surface area contributed by atoms with Crippen LogP contribution >= 0.6 is 11.6 Å². The summed E-state index contributed by atoms with van der Waals surface area (Å²) in [5.74, 6) is -0.453.